The highest BCUT2D eigenvalue weighted by molar-refractivity contribution is 5.71. The van der Waals surface area contributed by atoms with Gasteiger partial charge < -0.3 is 4.90 Å². The molecular formula is C18H19N7. The molecular weight excluding hydrogens is 314 g/mol. The van der Waals surface area contributed by atoms with Gasteiger partial charge in [-0.3, -0.25) is 0 Å². The minimum Gasteiger partial charge on any atom is -0.338 e. The van der Waals surface area contributed by atoms with Gasteiger partial charge in [-0.15, -0.1) is 5.10 Å². The number of tetrazole rings is 1. The quantitative estimate of drug-likeness (QED) is 0.792. The number of hydrogen-bond donors (Lipinski definition) is 1. The van der Waals surface area contributed by atoms with E-state index in [-0.39, 0.29) is 0 Å². The van der Waals surface area contributed by atoms with Crippen LogP contribution in [0.1, 0.15) is 31.0 Å². The van der Waals surface area contributed by atoms with Crippen LogP contribution in [0.5, 0.6) is 0 Å². The molecule has 5 rings (SSSR count). The van der Waals surface area contributed by atoms with Gasteiger partial charge in [0, 0.05) is 35.0 Å². The summed E-state index contributed by atoms with van der Waals surface area (Å²) in [7, 11) is 0. The predicted molar refractivity (Wildman–Crippen MR) is 94.1 cm³/mol. The van der Waals surface area contributed by atoms with E-state index in [1.54, 1.807) is 0 Å². The van der Waals surface area contributed by atoms with E-state index < -0.39 is 0 Å². The number of nitrogens with one attached hydrogen (secondary N) is 1. The Morgan fingerprint density at radius 1 is 1.16 bits per heavy atom. The lowest BCUT2D eigenvalue weighted by atomic mass is 10.0. The molecule has 1 N–H and O–H groups in total. The molecule has 1 aliphatic heterocycles. The largest absolute Gasteiger partial charge is 0.338 e. The van der Waals surface area contributed by atoms with Crippen LogP contribution in [0.4, 0.5) is 5.95 Å². The van der Waals surface area contributed by atoms with Crippen molar-refractivity contribution < 1.29 is 0 Å². The Kier molecular flexibility index (Phi) is 3.26. The number of benzene rings is 1. The van der Waals surface area contributed by atoms with E-state index in [1.807, 2.05) is 12.1 Å². The first-order valence-electron chi connectivity index (χ1n) is 8.80. The minimum absolute atomic E-state index is 0.527. The van der Waals surface area contributed by atoms with Gasteiger partial charge in [0.2, 0.25) is 5.95 Å². The van der Waals surface area contributed by atoms with Crippen LogP contribution < -0.4 is 4.90 Å². The molecule has 0 spiro atoms. The van der Waals surface area contributed by atoms with E-state index in [9.17, 15) is 0 Å². The van der Waals surface area contributed by atoms with Crippen LogP contribution in [0.15, 0.2) is 24.3 Å². The van der Waals surface area contributed by atoms with Gasteiger partial charge in [0.1, 0.15) is 0 Å². The van der Waals surface area contributed by atoms with Crippen molar-refractivity contribution in [2.75, 3.05) is 11.4 Å². The first-order valence-corrected chi connectivity index (χ1v) is 8.80. The second-order valence-corrected chi connectivity index (χ2v) is 6.81. The number of aryl methyl sites for hydroxylation is 1. The summed E-state index contributed by atoms with van der Waals surface area (Å²) in [6, 6.07) is 8.77. The number of aromatic nitrogens is 6. The Balaban J connectivity index is 1.63. The Hall–Kier alpha value is -2.83. The average molecular weight is 333 g/mol. The van der Waals surface area contributed by atoms with E-state index in [4.69, 9.17) is 9.97 Å². The molecule has 3 heterocycles. The lowest BCUT2D eigenvalue weighted by molar-refractivity contribution is 0.470. The summed E-state index contributed by atoms with van der Waals surface area (Å²) in [4.78, 5) is 12.1. The van der Waals surface area contributed by atoms with Gasteiger partial charge in [-0.1, -0.05) is 18.2 Å². The molecule has 0 saturated carbocycles. The normalized spacial score (nSPS) is 18.9. The standard InChI is InChI=1S/C18H19N7/c1-11-8-9-25(11)18-19-15-7-3-6-14(15)16(20-18)12-4-2-5-13(10-12)17-21-23-24-22-17/h2,4-5,10-11H,3,6-9H2,1H3,(H,21,22,23,24). The summed E-state index contributed by atoms with van der Waals surface area (Å²) in [5.41, 5.74) is 5.64. The third-order valence-corrected chi connectivity index (χ3v) is 5.25. The maximum atomic E-state index is 4.96. The van der Waals surface area contributed by atoms with Gasteiger partial charge in [-0.25, -0.2) is 15.1 Å². The number of aromatic amines is 1. The highest BCUT2D eigenvalue weighted by Gasteiger charge is 2.29. The van der Waals surface area contributed by atoms with E-state index in [1.165, 1.54) is 17.7 Å². The lowest BCUT2D eigenvalue weighted by Crippen LogP contribution is -2.46. The van der Waals surface area contributed by atoms with E-state index in [0.29, 0.717) is 11.9 Å². The van der Waals surface area contributed by atoms with E-state index in [0.717, 1.165) is 48.6 Å². The Morgan fingerprint density at radius 3 is 2.84 bits per heavy atom. The third kappa shape index (κ3) is 2.38. The fourth-order valence-electron chi connectivity index (χ4n) is 3.70. The molecule has 0 bridgehead atoms. The monoisotopic (exact) mass is 333 g/mol. The first-order chi connectivity index (χ1) is 12.3. The van der Waals surface area contributed by atoms with Crippen LogP contribution in [0.3, 0.4) is 0 Å². The highest BCUT2D eigenvalue weighted by Crippen LogP contribution is 2.34. The molecule has 1 aromatic carbocycles. The molecule has 7 nitrogen and oxygen atoms in total. The number of anilines is 1. The highest BCUT2D eigenvalue weighted by atomic mass is 15.5. The van der Waals surface area contributed by atoms with Gasteiger partial charge in [-0.05, 0) is 49.1 Å². The minimum atomic E-state index is 0.527. The average Bonchev–Trinajstić information content (AvgIpc) is 3.31. The Bertz CT molecular complexity index is 919. The topological polar surface area (TPSA) is 83.5 Å². The van der Waals surface area contributed by atoms with Crippen molar-refractivity contribution in [3.8, 4) is 22.6 Å². The Labute approximate surface area is 145 Å². The molecule has 1 saturated heterocycles. The molecule has 7 heteroatoms. The molecule has 0 amide bonds. The molecule has 1 fully saturated rings. The van der Waals surface area contributed by atoms with Crippen molar-refractivity contribution in [1.82, 2.24) is 30.6 Å². The van der Waals surface area contributed by atoms with Crippen LogP contribution in [0, 0.1) is 0 Å². The number of fused-ring (bicyclic) bond motifs is 1. The van der Waals surface area contributed by atoms with Crippen LogP contribution in [0.2, 0.25) is 0 Å². The van der Waals surface area contributed by atoms with Crippen molar-refractivity contribution in [1.29, 1.82) is 0 Å². The third-order valence-electron chi connectivity index (χ3n) is 5.25. The van der Waals surface area contributed by atoms with Crippen LogP contribution in [-0.2, 0) is 12.8 Å². The first kappa shape index (κ1) is 14.5. The number of hydrogen-bond acceptors (Lipinski definition) is 6. The summed E-state index contributed by atoms with van der Waals surface area (Å²) >= 11 is 0. The SMILES string of the molecule is CC1CCN1c1nc2c(c(-c3cccc(-c4nnn[nH]4)c3)n1)CCC2. The summed E-state index contributed by atoms with van der Waals surface area (Å²) in [5.74, 6) is 1.55. The van der Waals surface area contributed by atoms with Gasteiger partial charge in [0.15, 0.2) is 5.82 Å². The summed E-state index contributed by atoms with van der Waals surface area (Å²) < 4.78 is 0. The summed E-state index contributed by atoms with van der Waals surface area (Å²) in [6.07, 6.45) is 4.46. The van der Waals surface area contributed by atoms with Crippen LogP contribution in [-0.4, -0.2) is 43.2 Å². The zero-order valence-corrected chi connectivity index (χ0v) is 14.1. The fraction of sp³-hybridized carbons (Fsp3) is 0.389. The lowest BCUT2D eigenvalue weighted by Gasteiger charge is -2.39. The van der Waals surface area contributed by atoms with Crippen molar-refractivity contribution in [2.45, 2.75) is 38.6 Å². The molecule has 1 aliphatic carbocycles. The number of H-pyrrole nitrogens is 1. The maximum Gasteiger partial charge on any atom is 0.226 e. The molecule has 126 valence electrons. The van der Waals surface area contributed by atoms with Gasteiger partial charge in [-0.2, -0.15) is 0 Å². The van der Waals surface area contributed by atoms with Gasteiger partial charge in [0.25, 0.3) is 0 Å². The van der Waals surface area contributed by atoms with Crippen molar-refractivity contribution >= 4 is 5.95 Å². The second-order valence-electron chi connectivity index (χ2n) is 6.81. The fourth-order valence-corrected chi connectivity index (χ4v) is 3.70. The van der Waals surface area contributed by atoms with Crippen LogP contribution in [0.25, 0.3) is 22.6 Å². The van der Waals surface area contributed by atoms with E-state index in [2.05, 4.69) is 44.6 Å². The molecule has 3 aromatic rings. The number of nitrogens with zero attached hydrogens (tertiary/aromatic N) is 6. The molecule has 2 aliphatic rings. The summed E-state index contributed by atoms with van der Waals surface area (Å²) in [6.45, 7) is 3.28. The Morgan fingerprint density at radius 2 is 2.08 bits per heavy atom. The van der Waals surface area contributed by atoms with Crippen molar-refractivity contribution in [3.63, 3.8) is 0 Å². The van der Waals surface area contributed by atoms with Crippen molar-refractivity contribution in [3.05, 3.63) is 35.5 Å². The molecule has 1 atom stereocenters. The molecule has 25 heavy (non-hydrogen) atoms. The van der Waals surface area contributed by atoms with Gasteiger partial charge >= 0.3 is 0 Å². The molecule has 0 radical (unpaired) electrons. The number of rotatable bonds is 3. The maximum absolute atomic E-state index is 4.96. The van der Waals surface area contributed by atoms with Gasteiger partial charge in [0.05, 0.1) is 5.69 Å². The van der Waals surface area contributed by atoms with E-state index >= 15 is 0 Å². The predicted octanol–water partition coefficient (Wildman–Crippen LogP) is 2.41. The summed E-state index contributed by atoms with van der Waals surface area (Å²) in [5, 5.41) is 14.2. The second kappa shape index (κ2) is 5.61. The molecule has 1 unspecified atom stereocenters. The van der Waals surface area contributed by atoms with Crippen molar-refractivity contribution in [2.24, 2.45) is 0 Å². The molecule has 2 aromatic heterocycles. The van der Waals surface area contributed by atoms with Crippen LogP contribution >= 0.6 is 0 Å². The zero-order chi connectivity index (χ0) is 16.8. The zero-order valence-electron chi connectivity index (χ0n) is 14.1. The smallest absolute Gasteiger partial charge is 0.226 e.